The molecule has 2 aromatic rings. The molecule has 0 spiro atoms. The fourth-order valence-corrected chi connectivity index (χ4v) is 2.37. The highest BCUT2D eigenvalue weighted by molar-refractivity contribution is 5.85. The molecule has 1 unspecified atom stereocenters. The third kappa shape index (κ3) is 5.97. The molecule has 7 heteroatoms. The Morgan fingerprint density at radius 2 is 1.85 bits per heavy atom. The van der Waals surface area contributed by atoms with Gasteiger partial charge in [-0.2, -0.15) is 5.10 Å². The summed E-state index contributed by atoms with van der Waals surface area (Å²) in [5, 5.41) is 4.32. The molecule has 0 aliphatic carbocycles. The summed E-state index contributed by atoms with van der Waals surface area (Å²) in [4.78, 5) is 26.0. The molecule has 1 aromatic carbocycles. The minimum absolute atomic E-state index is 0. The zero-order valence-electron chi connectivity index (χ0n) is 15.5. The number of carbonyl (C=O) groups excluding carboxylic acids is 1. The Hall–Kier alpha value is -2.18. The van der Waals surface area contributed by atoms with Gasteiger partial charge in [0.05, 0.1) is 5.69 Å². The molecule has 0 saturated carbocycles. The van der Waals surface area contributed by atoms with E-state index in [2.05, 4.69) is 18.9 Å². The van der Waals surface area contributed by atoms with Gasteiger partial charge < -0.3 is 10.6 Å². The van der Waals surface area contributed by atoms with Crippen molar-refractivity contribution >= 4 is 18.3 Å². The van der Waals surface area contributed by atoms with E-state index in [9.17, 15) is 9.59 Å². The summed E-state index contributed by atoms with van der Waals surface area (Å²) in [6.45, 7) is 4.61. The van der Waals surface area contributed by atoms with Gasteiger partial charge in [0, 0.05) is 31.3 Å². The number of rotatable bonds is 7. The van der Waals surface area contributed by atoms with Crippen LogP contribution in [0.5, 0.6) is 0 Å². The maximum absolute atomic E-state index is 12.4. The second kappa shape index (κ2) is 10.1. The van der Waals surface area contributed by atoms with Crippen LogP contribution in [0.4, 0.5) is 0 Å². The number of carbonyl (C=O) groups is 1. The monoisotopic (exact) mass is 378 g/mol. The number of hydrogen-bond donors (Lipinski definition) is 1. The standard InChI is InChI=1S/C19H26N4O2.ClH/c1-14(2)16(20)11-12-22(3)19(25)13-23-18(24)10-9-17(21-23)15-7-5-4-6-8-15;/h4-10,14,16H,11-13,20H2,1-3H3;1H. The minimum Gasteiger partial charge on any atom is -0.344 e. The van der Waals surface area contributed by atoms with Crippen LogP contribution in [0.15, 0.2) is 47.3 Å². The van der Waals surface area contributed by atoms with E-state index < -0.39 is 0 Å². The maximum atomic E-state index is 12.4. The molecular weight excluding hydrogens is 352 g/mol. The molecule has 2 rings (SSSR count). The van der Waals surface area contributed by atoms with Gasteiger partial charge in [-0.05, 0) is 18.4 Å². The Bertz CT molecular complexity index is 762. The van der Waals surface area contributed by atoms with Crippen LogP contribution >= 0.6 is 12.4 Å². The van der Waals surface area contributed by atoms with E-state index in [4.69, 9.17) is 5.73 Å². The van der Waals surface area contributed by atoms with Crippen molar-refractivity contribution in [1.82, 2.24) is 14.7 Å². The first-order valence-electron chi connectivity index (χ1n) is 8.51. The predicted octanol–water partition coefficient (Wildman–Crippen LogP) is 2.16. The Morgan fingerprint density at radius 3 is 2.46 bits per heavy atom. The maximum Gasteiger partial charge on any atom is 0.267 e. The van der Waals surface area contributed by atoms with Gasteiger partial charge in [0.2, 0.25) is 5.91 Å². The molecule has 142 valence electrons. The predicted molar refractivity (Wildman–Crippen MR) is 106 cm³/mol. The van der Waals surface area contributed by atoms with Crippen molar-refractivity contribution in [2.75, 3.05) is 13.6 Å². The van der Waals surface area contributed by atoms with E-state index in [1.165, 1.54) is 10.7 Å². The van der Waals surface area contributed by atoms with Crippen LogP contribution in [-0.4, -0.2) is 40.2 Å². The normalized spacial score (nSPS) is 11.7. The fourth-order valence-electron chi connectivity index (χ4n) is 2.37. The van der Waals surface area contributed by atoms with E-state index in [0.29, 0.717) is 18.2 Å². The number of halogens is 1. The first-order chi connectivity index (χ1) is 11.9. The average Bonchev–Trinajstić information content (AvgIpc) is 2.61. The molecule has 6 nitrogen and oxygen atoms in total. The first-order valence-corrected chi connectivity index (χ1v) is 8.51. The molecule has 0 bridgehead atoms. The number of benzene rings is 1. The van der Waals surface area contributed by atoms with Gasteiger partial charge in [0.25, 0.3) is 5.56 Å². The van der Waals surface area contributed by atoms with E-state index >= 15 is 0 Å². The highest BCUT2D eigenvalue weighted by Crippen LogP contribution is 2.14. The summed E-state index contributed by atoms with van der Waals surface area (Å²) in [6.07, 6.45) is 0.728. The van der Waals surface area contributed by atoms with Crippen LogP contribution in [0, 0.1) is 5.92 Å². The Kier molecular flexibility index (Phi) is 8.48. The zero-order valence-corrected chi connectivity index (χ0v) is 16.3. The van der Waals surface area contributed by atoms with Crippen molar-refractivity contribution in [3.05, 3.63) is 52.8 Å². The summed E-state index contributed by atoms with van der Waals surface area (Å²) in [6, 6.07) is 12.7. The lowest BCUT2D eigenvalue weighted by molar-refractivity contribution is -0.130. The second-order valence-corrected chi connectivity index (χ2v) is 6.59. The van der Waals surface area contributed by atoms with Crippen molar-refractivity contribution < 1.29 is 4.79 Å². The van der Waals surface area contributed by atoms with Crippen molar-refractivity contribution in [3.8, 4) is 11.3 Å². The van der Waals surface area contributed by atoms with Gasteiger partial charge in [-0.3, -0.25) is 9.59 Å². The van der Waals surface area contributed by atoms with E-state index in [0.717, 1.165) is 12.0 Å². The number of aromatic nitrogens is 2. The smallest absolute Gasteiger partial charge is 0.267 e. The van der Waals surface area contributed by atoms with E-state index in [1.54, 1.807) is 18.0 Å². The SMILES string of the molecule is CC(C)C(N)CCN(C)C(=O)Cn1nc(-c2ccccc2)ccc1=O.Cl. The largest absolute Gasteiger partial charge is 0.344 e. The number of likely N-dealkylation sites (N-methyl/N-ethyl adjacent to an activating group) is 1. The summed E-state index contributed by atoms with van der Waals surface area (Å²) >= 11 is 0. The van der Waals surface area contributed by atoms with Gasteiger partial charge in [-0.25, -0.2) is 4.68 Å². The molecule has 0 aliphatic heterocycles. The highest BCUT2D eigenvalue weighted by atomic mass is 35.5. The molecule has 2 N–H and O–H groups in total. The number of hydrogen-bond acceptors (Lipinski definition) is 4. The average molecular weight is 379 g/mol. The molecule has 1 aromatic heterocycles. The van der Waals surface area contributed by atoms with Crippen molar-refractivity contribution in [2.24, 2.45) is 11.7 Å². The van der Waals surface area contributed by atoms with Gasteiger partial charge in [-0.15, -0.1) is 12.4 Å². The van der Waals surface area contributed by atoms with Gasteiger partial charge in [0.15, 0.2) is 0 Å². The fraction of sp³-hybridized carbons (Fsp3) is 0.421. The van der Waals surface area contributed by atoms with Gasteiger partial charge >= 0.3 is 0 Å². The Morgan fingerprint density at radius 1 is 1.19 bits per heavy atom. The quantitative estimate of drug-likeness (QED) is 0.800. The zero-order chi connectivity index (χ0) is 18.4. The molecule has 1 atom stereocenters. The minimum atomic E-state index is -0.291. The third-order valence-electron chi connectivity index (χ3n) is 4.30. The van der Waals surface area contributed by atoms with Crippen molar-refractivity contribution in [1.29, 1.82) is 0 Å². The molecule has 1 heterocycles. The van der Waals surface area contributed by atoms with Crippen molar-refractivity contribution in [3.63, 3.8) is 0 Å². The van der Waals surface area contributed by atoms with Crippen molar-refractivity contribution in [2.45, 2.75) is 32.9 Å². The molecule has 1 amide bonds. The Labute approximate surface area is 160 Å². The highest BCUT2D eigenvalue weighted by Gasteiger charge is 2.14. The van der Waals surface area contributed by atoms with Crippen LogP contribution in [-0.2, 0) is 11.3 Å². The lowest BCUT2D eigenvalue weighted by atomic mass is 10.0. The molecule has 0 saturated heterocycles. The van der Waals surface area contributed by atoms with Crippen LogP contribution in [0.25, 0.3) is 11.3 Å². The molecule has 0 fully saturated rings. The number of nitrogens with zero attached hydrogens (tertiary/aromatic N) is 3. The summed E-state index contributed by atoms with van der Waals surface area (Å²) in [5.74, 6) is 0.214. The number of nitrogens with two attached hydrogens (primary N) is 1. The van der Waals surface area contributed by atoms with Gasteiger partial charge in [-0.1, -0.05) is 44.2 Å². The molecular formula is C19H27ClN4O2. The third-order valence-corrected chi connectivity index (χ3v) is 4.30. The van der Waals surface area contributed by atoms with Crippen LogP contribution < -0.4 is 11.3 Å². The second-order valence-electron chi connectivity index (χ2n) is 6.59. The Balaban J connectivity index is 0.00000338. The topological polar surface area (TPSA) is 81.2 Å². The number of amides is 1. The lowest BCUT2D eigenvalue weighted by Crippen LogP contribution is -2.38. The first kappa shape index (κ1) is 21.9. The van der Waals surface area contributed by atoms with Gasteiger partial charge in [0.1, 0.15) is 6.54 Å². The molecule has 26 heavy (non-hydrogen) atoms. The summed E-state index contributed by atoms with van der Waals surface area (Å²) in [5.41, 5.74) is 7.30. The van der Waals surface area contributed by atoms with E-state index in [1.807, 2.05) is 30.3 Å². The molecule has 0 aliphatic rings. The van der Waals surface area contributed by atoms with Crippen LogP contribution in [0.2, 0.25) is 0 Å². The van der Waals surface area contributed by atoms with Crippen LogP contribution in [0.3, 0.4) is 0 Å². The summed E-state index contributed by atoms with van der Waals surface area (Å²) < 4.78 is 1.21. The molecule has 0 radical (unpaired) electrons. The van der Waals surface area contributed by atoms with E-state index in [-0.39, 0.29) is 36.5 Å². The summed E-state index contributed by atoms with van der Waals surface area (Å²) in [7, 11) is 1.72. The lowest BCUT2D eigenvalue weighted by Gasteiger charge is -2.21. The van der Waals surface area contributed by atoms with Crippen LogP contribution in [0.1, 0.15) is 20.3 Å².